The molecule has 0 N–H and O–H groups in total. The number of aromatic nitrogens is 2. The van der Waals surface area contributed by atoms with Gasteiger partial charge >= 0.3 is 0 Å². The molecule has 0 aliphatic carbocycles. The third-order valence-corrected chi connectivity index (χ3v) is 5.47. The Bertz CT molecular complexity index is 674. The van der Waals surface area contributed by atoms with E-state index >= 15 is 0 Å². The molecule has 0 amide bonds. The summed E-state index contributed by atoms with van der Waals surface area (Å²) in [5, 5.41) is 1.60. The molecule has 1 aromatic carbocycles. The van der Waals surface area contributed by atoms with Crippen molar-refractivity contribution in [3.8, 4) is 5.75 Å². The summed E-state index contributed by atoms with van der Waals surface area (Å²) < 4.78 is 5.28. The molecular weight excluding hydrogens is 330 g/mol. The van der Waals surface area contributed by atoms with E-state index < -0.39 is 0 Å². The summed E-state index contributed by atoms with van der Waals surface area (Å²) in [5.74, 6) is 3.74. The number of hydrogen-bond donors (Lipinski definition) is 0. The maximum Gasteiger partial charge on any atom is 0.139 e. The maximum atomic E-state index is 6.29. The molecule has 0 unspecified atom stereocenters. The number of rotatable bonds is 5. The minimum Gasteiger partial charge on any atom is -0.495 e. The topological polar surface area (TPSA) is 38.3 Å². The van der Waals surface area contributed by atoms with Crippen LogP contribution in [-0.4, -0.2) is 42.2 Å². The van der Waals surface area contributed by atoms with Gasteiger partial charge in [0.2, 0.25) is 0 Å². The molecule has 2 aromatic rings. The van der Waals surface area contributed by atoms with Gasteiger partial charge < -0.3 is 9.64 Å². The molecule has 3 rings (SSSR count). The van der Waals surface area contributed by atoms with Crippen molar-refractivity contribution in [2.75, 3.05) is 37.1 Å². The Morgan fingerprint density at radius 2 is 2.09 bits per heavy atom. The molecule has 0 atom stereocenters. The molecule has 0 radical (unpaired) electrons. The van der Waals surface area contributed by atoms with E-state index in [9.17, 15) is 0 Å². The highest BCUT2D eigenvalue weighted by atomic mass is 35.5. The number of methoxy groups -OCH3 is 1. The fraction of sp³-hybridized carbons (Fsp3) is 0.529. The summed E-state index contributed by atoms with van der Waals surface area (Å²) in [6, 6.07) is 3.80. The monoisotopic (exact) mass is 351 g/mol. The average Bonchev–Trinajstić information content (AvgIpc) is 2.59. The SMILES string of the molecule is COc1cc2ncnc(N3CCC(CCSC)CC3)c2cc1Cl. The third-order valence-electron chi connectivity index (χ3n) is 4.53. The second kappa shape index (κ2) is 7.58. The minimum absolute atomic E-state index is 0.603. The number of hydrogen-bond acceptors (Lipinski definition) is 5. The third kappa shape index (κ3) is 3.66. The zero-order valence-electron chi connectivity index (χ0n) is 13.6. The molecule has 4 nitrogen and oxygen atoms in total. The van der Waals surface area contributed by atoms with E-state index in [2.05, 4.69) is 21.1 Å². The Morgan fingerprint density at radius 1 is 1.30 bits per heavy atom. The number of ether oxygens (including phenoxy) is 1. The fourth-order valence-electron chi connectivity index (χ4n) is 3.17. The van der Waals surface area contributed by atoms with Crippen molar-refractivity contribution >= 4 is 40.1 Å². The van der Waals surface area contributed by atoms with E-state index in [0.717, 1.165) is 35.7 Å². The van der Waals surface area contributed by atoms with Crippen LogP contribution >= 0.6 is 23.4 Å². The van der Waals surface area contributed by atoms with Gasteiger partial charge in [0, 0.05) is 24.5 Å². The fourth-order valence-corrected chi connectivity index (χ4v) is 3.98. The van der Waals surface area contributed by atoms with Gasteiger partial charge in [0.15, 0.2) is 0 Å². The van der Waals surface area contributed by atoms with Crippen molar-refractivity contribution < 1.29 is 4.74 Å². The predicted molar refractivity (Wildman–Crippen MR) is 99.0 cm³/mol. The van der Waals surface area contributed by atoms with Crippen LogP contribution in [0.15, 0.2) is 18.5 Å². The summed E-state index contributed by atoms with van der Waals surface area (Å²) in [7, 11) is 1.62. The van der Waals surface area contributed by atoms with E-state index in [1.54, 1.807) is 13.4 Å². The molecule has 23 heavy (non-hydrogen) atoms. The van der Waals surface area contributed by atoms with E-state index in [1.165, 1.54) is 25.0 Å². The molecule has 0 spiro atoms. The highest BCUT2D eigenvalue weighted by Crippen LogP contribution is 2.34. The maximum absolute atomic E-state index is 6.29. The zero-order chi connectivity index (χ0) is 16.2. The van der Waals surface area contributed by atoms with Gasteiger partial charge in [-0.05, 0) is 43.3 Å². The first-order valence-corrected chi connectivity index (χ1v) is 9.72. The molecule has 1 aromatic heterocycles. The van der Waals surface area contributed by atoms with Crippen LogP contribution in [0, 0.1) is 5.92 Å². The molecule has 124 valence electrons. The van der Waals surface area contributed by atoms with Gasteiger partial charge in [-0.25, -0.2) is 9.97 Å². The first-order valence-electron chi connectivity index (χ1n) is 7.95. The Hall–Kier alpha value is -1.20. The first-order chi connectivity index (χ1) is 11.2. The number of nitrogens with zero attached hydrogens (tertiary/aromatic N) is 3. The highest BCUT2D eigenvalue weighted by molar-refractivity contribution is 7.98. The minimum atomic E-state index is 0.603. The molecule has 0 saturated carbocycles. The molecule has 0 bridgehead atoms. The summed E-state index contributed by atoms with van der Waals surface area (Å²) >= 11 is 8.23. The van der Waals surface area contributed by atoms with Crippen LogP contribution in [0.4, 0.5) is 5.82 Å². The summed E-state index contributed by atoms with van der Waals surface area (Å²) in [6.45, 7) is 2.10. The van der Waals surface area contributed by atoms with E-state index in [-0.39, 0.29) is 0 Å². The standard InChI is InChI=1S/C17H22ClN3OS/c1-22-16-10-15-13(9-14(16)18)17(20-11-19-15)21-6-3-12(4-7-21)5-8-23-2/h9-12H,3-8H2,1-2H3. The lowest BCUT2D eigenvalue weighted by Gasteiger charge is -2.33. The molecule has 1 aliphatic rings. The molecular formula is C17H22ClN3OS. The van der Waals surface area contributed by atoms with Gasteiger partial charge in [-0.3, -0.25) is 0 Å². The lowest BCUT2D eigenvalue weighted by molar-refractivity contribution is 0.396. The molecule has 2 heterocycles. The second-order valence-electron chi connectivity index (χ2n) is 5.91. The summed E-state index contributed by atoms with van der Waals surface area (Å²) in [5.41, 5.74) is 0.876. The van der Waals surface area contributed by atoms with Gasteiger partial charge in [-0.1, -0.05) is 11.6 Å². The smallest absolute Gasteiger partial charge is 0.139 e. The Labute approximate surface area is 146 Å². The van der Waals surface area contributed by atoms with E-state index in [1.807, 2.05) is 23.9 Å². The van der Waals surface area contributed by atoms with Gasteiger partial charge in [-0.15, -0.1) is 0 Å². The van der Waals surface area contributed by atoms with Crippen molar-refractivity contribution in [1.82, 2.24) is 9.97 Å². The Morgan fingerprint density at radius 3 is 2.78 bits per heavy atom. The molecule has 1 fully saturated rings. The summed E-state index contributed by atoms with van der Waals surface area (Å²) in [6.07, 6.45) is 7.60. The van der Waals surface area contributed by atoms with Crippen molar-refractivity contribution in [3.63, 3.8) is 0 Å². The van der Waals surface area contributed by atoms with Crippen LogP contribution in [0.1, 0.15) is 19.3 Å². The number of anilines is 1. The summed E-state index contributed by atoms with van der Waals surface area (Å²) in [4.78, 5) is 11.3. The normalized spacial score (nSPS) is 16.0. The van der Waals surface area contributed by atoms with Gasteiger partial charge in [0.25, 0.3) is 0 Å². The van der Waals surface area contributed by atoms with Crippen LogP contribution in [0.25, 0.3) is 10.9 Å². The first kappa shape index (κ1) is 16.7. The highest BCUT2D eigenvalue weighted by Gasteiger charge is 2.22. The number of fused-ring (bicyclic) bond motifs is 1. The van der Waals surface area contributed by atoms with Crippen LogP contribution in [-0.2, 0) is 0 Å². The Balaban J connectivity index is 1.82. The number of thioether (sulfide) groups is 1. The van der Waals surface area contributed by atoms with Crippen LogP contribution < -0.4 is 9.64 Å². The molecule has 1 aliphatic heterocycles. The number of halogens is 1. The van der Waals surface area contributed by atoms with Gasteiger partial charge in [-0.2, -0.15) is 11.8 Å². The van der Waals surface area contributed by atoms with Crippen molar-refractivity contribution in [3.05, 3.63) is 23.5 Å². The lowest BCUT2D eigenvalue weighted by atomic mass is 9.94. The second-order valence-corrected chi connectivity index (χ2v) is 7.31. The largest absolute Gasteiger partial charge is 0.495 e. The lowest BCUT2D eigenvalue weighted by Crippen LogP contribution is -2.34. The van der Waals surface area contributed by atoms with Crippen LogP contribution in [0.3, 0.4) is 0 Å². The number of benzene rings is 1. The predicted octanol–water partition coefficient (Wildman–Crippen LogP) is 4.26. The molecule has 6 heteroatoms. The van der Waals surface area contributed by atoms with Gasteiger partial charge in [0.05, 0.1) is 17.6 Å². The van der Waals surface area contributed by atoms with Crippen molar-refractivity contribution in [1.29, 1.82) is 0 Å². The average molecular weight is 352 g/mol. The van der Waals surface area contributed by atoms with Crippen LogP contribution in [0.2, 0.25) is 5.02 Å². The number of piperidine rings is 1. The van der Waals surface area contributed by atoms with E-state index in [4.69, 9.17) is 16.3 Å². The quantitative estimate of drug-likeness (QED) is 0.804. The van der Waals surface area contributed by atoms with E-state index in [0.29, 0.717) is 10.8 Å². The van der Waals surface area contributed by atoms with Crippen molar-refractivity contribution in [2.24, 2.45) is 5.92 Å². The molecule has 1 saturated heterocycles. The van der Waals surface area contributed by atoms with Crippen LogP contribution in [0.5, 0.6) is 5.75 Å². The van der Waals surface area contributed by atoms with Crippen molar-refractivity contribution in [2.45, 2.75) is 19.3 Å². The Kier molecular flexibility index (Phi) is 5.49. The van der Waals surface area contributed by atoms with Gasteiger partial charge in [0.1, 0.15) is 17.9 Å². The zero-order valence-corrected chi connectivity index (χ0v) is 15.2.